The standard InChI is InChI=1S/C19H25F3N2O4/c20-19(21,22)14-3-4-17(24-6-10-26-11-7-24)16(12-14)23-18(25)5-9-27-13-15-2-1-8-28-15/h3-4,12,15H,1-2,5-11,13H2,(H,23,25). The molecule has 3 rings (SSSR count). The highest BCUT2D eigenvalue weighted by Gasteiger charge is 2.32. The summed E-state index contributed by atoms with van der Waals surface area (Å²) in [4.78, 5) is 14.2. The van der Waals surface area contributed by atoms with Gasteiger partial charge in [0.25, 0.3) is 0 Å². The molecule has 28 heavy (non-hydrogen) atoms. The van der Waals surface area contributed by atoms with Gasteiger partial charge in [-0.15, -0.1) is 0 Å². The van der Waals surface area contributed by atoms with Gasteiger partial charge in [-0.1, -0.05) is 0 Å². The first-order chi connectivity index (χ1) is 13.4. The predicted molar refractivity (Wildman–Crippen MR) is 97.5 cm³/mol. The van der Waals surface area contributed by atoms with E-state index in [1.54, 1.807) is 0 Å². The minimum absolute atomic E-state index is 0.0610. The van der Waals surface area contributed by atoms with Gasteiger partial charge in [-0.2, -0.15) is 13.2 Å². The van der Waals surface area contributed by atoms with Gasteiger partial charge in [0.15, 0.2) is 0 Å². The first-order valence-corrected chi connectivity index (χ1v) is 9.46. The topological polar surface area (TPSA) is 60.0 Å². The van der Waals surface area contributed by atoms with Gasteiger partial charge in [-0.05, 0) is 31.0 Å². The van der Waals surface area contributed by atoms with E-state index in [4.69, 9.17) is 14.2 Å². The van der Waals surface area contributed by atoms with E-state index < -0.39 is 11.7 Å². The lowest BCUT2D eigenvalue weighted by atomic mass is 10.1. The van der Waals surface area contributed by atoms with Crippen LogP contribution in [0.2, 0.25) is 0 Å². The van der Waals surface area contributed by atoms with E-state index in [1.165, 1.54) is 6.07 Å². The molecule has 1 unspecified atom stereocenters. The third kappa shape index (κ3) is 5.83. The van der Waals surface area contributed by atoms with Crippen LogP contribution in [0.15, 0.2) is 18.2 Å². The Kier molecular flexibility index (Phi) is 7.14. The number of benzene rings is 1. The summed E-state index contributed by atoms with van der Waals surface area (Å²) in [7, 11) is 0. The molecule has 0 radical (unpaired) electrons. The Hall–Kier alpha value is -1.84. The zero-order valence-electron chi connectivity index (χ0n) is 15.6. The molecule has 2 saturated heterocycles. The third-order valence-corrected chi connectivity index (χ3v) is 4.75. The van der Waals surface area contributed by atoms with Crippen LogP contribution >= 0.6 is 0 Å². The zero-order chi connectivity index (χ0) is 20.0. The van der Waals surface area contributed by atoms with E-state index in [0.29, 0.717) is 38.6 Å². The van der Waals surface area contributed by atoms with E-state index in [9.17, 15) is 18.0 Å². The number of carbonyl (C=O) groups excluding carboxylic acids is 1. The van der Waals surface area contributed by atoms with Crippen LogP contribution in [0.5, 0.6) is 0 Å². The third-order valence-electron chi connectivity index (χ3n) is 4.75. The molecule has 0 bridgehead atoms. The molecule has 2 aliphatic rings. The fourth-order valence-electron chi connectivity index (χ4n) is 3.26. The Morgan fingerprint density at radius 1 is 1.25 bits per heavy atom. The smallest absolute Gasteiger partial charge is 0.378 e. The highest BCUT2D eigenvalue weighted by Crippen LogP contribution is 2.35. The molecule has 1 atom stereocenters. The predicted octanol–water partition coefficient (Wildman–Crippen LogP) is 3.07. The van der Waals surface area contributed by atoms with E-state index in [0.717, 1.165) is 31.6 Å². The van der Waals surface area contributed by atoms with E-state index in [-0.39, 0.29) is 30.7 Å². The molecule has 0 spiro atoms. The average Bonchev–Trinajstić information content (AvgIpc) is 3.19. The van der Waals surface area contributed by atoms with Crippen molar-refractivity contribution in [2.45, 2.75) is 31.5 Å². The Bertz CT molecular complexity index is 657. The van der Waals surface area contributed by atoms with Crippen molar-refractivity contribution in [2.75, 3.05) is 56.3 Å². The second kappa shape index (κ2) is 9.58. The molecule has 0 aliphatic carbocycles. The number of hydrogen-bond acceptors (Lipinski definition) is 5. The number of alkyl halides is 3. The number of halogens is 3. The van der Waals surface area contributed by atoms with Crippen molar-refractivity contribution in [1.82, 2.24) is 0 Å². The number of morpholine rings is 1. The van der Waals surface area contributed by atoms with Crippen LogP contribution in [0.25, 0.3) is 0 Å². The summed E-state index contributed by atoms with van der Waals surface area (Å²) in [6.45, 7) is 3.44. The van der Waals surface area contributed by atoms with Gasteiger partial charge in [0, 0.05) is 19.7 Å². The number of nitrogens with one attached hydrogen (secondary N) is 1. The molecular weight excluding hydrogens is 377 g/mol. The molecule has 156 valence electrons. The van der Waals surface area contributed by atoms with E-state index in [1.807, 2.05) is 4.90 Å². The monoisotopic (exact) mass is 402 g/mol. The van der Waals surface area contributed by atoms with Gasteiger partial charge in [-0.25, -0.2) is 0 Å². The van der Waals surface area contributed by atoms with Crippen LogP contribution in [-0.2, 0) is 25.2 Å². The lowest BCUT2D eigenvalue weighted by Crippen LogP contribution is -2.37. The van der Waals surface area contributed by atoms with Crippen molar-refractivity contribution in [3.8, 4) is 0 Å². The zero-order valence-corrected chi connectivity index (χ0v) is 15.6. The summed E-state index contributed by atoms with van der Waals surface area (Å²) in [6, 6.07) is 3.42. The lowest BCUT2D eigenvalue weighted by Gasteiger charge is -2.31. The fourth-order valence-corrected chi connectivity index (χ4v) is 3.26. The second-order valence-corrected chi connectivity index (χ2v) is 6.84. The molecule has 1 aromatic rings. The molecule has 1 aromatic carbocycles. The van der Waals surface area contributed by atoms with Gasteiger partial charge in [0.05, 0.1) is 55.9 Å². The maximum atomic E-state index is 13.1. The Labute approximate surface area is 161 Å². The highest BCUT2D eigenvalue weighted by atomic mass is 19.4. The molecule has 0 saturated carbocycles. The van der Waals surface area contributed by atoms with Crippen molar-refractivity contribution in [2.24, 2.45) is 0 Å². The van der Waals surface area contributed by atoms with Crippen molar-refractivity contribution in [3.05, 3.63) is 23.8 Å². The van der Waals surface area contributed by atoms with Crippen LogP contribution in [0.3, 0.4) is 0 Å². The summed E-state index contributed by atoms with van der Waals surface area (Å²) >= 11 is 0. The Morgan fingerprint density at radius 2 is 2.04 bits per heavy atom. The van der Waals surface area contributed by atoms with Crippen LogP contribution in [0.1, 0.15) is 24.8 Å². The van der Waals surface area contributed by atoms with E-state index in [2.05, 4.69) is 5.32 Å². The van der Waals surface area contributed by atoms with Crippen LogP contribution in [0.4, 0.5) is 24.5 Å². The van der Waals surface area contributed by atoms with E-state index >= 15 is 0 Å². The number of rotatable bonds is 7. The molecule has 0 aromatic heterocycles. The Morgan fingerprint density at radius 3 is 2.71 bits per heavy atom. The summed E-state index contributed by atoms with van der Waals surface area (Å²) in [5.74, 6) is -0.388. The number of amides is 1. The average molecular weight is 402 g/mol. The van der Waals surface area contributed by atoms with Crippen molar-refractivity contribution in [1.29, 1.82) is 0 Å². The molecule has 1 N–H and O–H groups in total. The maximum absolute atomic E-state index is 13.1. The first-order valence-electron chi connectivity index (χ1n) is 9.46. The minimum atomic E-state index is -4.48. The Balaban J connectivity index is 1.61. The normalized spacial score (nSPS) is 20.4. The van der Waals surface area contributed by atoms with Crippen molar-refractivity contribution in [3.63, 3.8) is 0 Å². The quantitative estimate of drug-likeness (QED) is 0.711. The second-order valence-electron chi connectivity index (χ2n) is 6.84. The first kappa shape index (κ1) is 20.9. The summed E-state index contributed by atoms with van der Waals surface area (Å²) in [6.07, 6.45) is -2.40. The maximum Gasteiger partial charge on any atom is 0.416 e. The van der Waals surface area contributed by atoms with Crippen molar-refractivity contribution < 1.29 is 32.2 Å². The van der Waals surface area contributed by atoms with Crippen LogP contribution in [-0.4, -0.2) is 58.1 Å². The lowest BCUT2D eigenvalue weighted by molar-refractivity contribution is -0.137. The van der Waals surface area contributed by atoms with Gasteiger partial charge in [0.1, 0.15) is 0 Å². The number of ether oxygens (including phenoxy) is 3. The molecular formula is C19H25F3N2O4. The molecule has 1 amide bonds. The minimum Gasteiger partial charge on any atom is -0.378 e. The van der Waals surface area contributed by atoms with Gasteiger partial charge >= 0.3 is 6.18 Å². The van der Waals surface area contributed by atoms with Crippen molar-refractivity contribution >= 4 is 17.3 Å². The summed E-state index contributed by atoms with van der Waals surface area (Å²) in [5, 5.41) is 2.62. The number of hydrogen-bond donors (Lipinski definition) is 1. The molecule has 2 fully saturated rings. The molecule has 6 nitrogen and oxygen atoms in total. The van der Waals surface area contributed by atoms with Crippen LogP contribution in [0, 0.1) is 0 Å². The van der Waals surface area contributed by atoms with Gasteiger partial charge in [0.2, 0.25) is 5.91 Å². The molecule has 9 heteroatoms. The summed E-state index contributed by atoms with van der Waals surface area (Å²) in [5.41, 5.74) is -0.0831. The number of anilines is 2. The highest BCUT2D eigenvalue weighted by molar-refractivity contribution is 5.94. The van der Waals surface area contributed by atoms with Crippen LogP contribution < -0.4 is 10.2 Å². The molecule has 2 aliphatic heterocycles. The summed E-state index contributed by atoms with van der Waals surface area (Å²) < 4.78 is 55.5. The molecule has 2 heterocycles. The van der Waals surface area contributed by atoms with Gasteiger partial charge < -0.3 is 24.4 Å². The number of carbonyl (C=O) groups is 1. The largest absolute Gasteiger partial charge is 0.416 e. The number of nitrogens with zero attached hydrogens (tertiary/aromatic N) is 1. The SMILES string of the molecule is O=C(CCOCC1CCCO1)Nc1cc(C(F)(F)F)ccc1N1CCOCC1. The fraction of sp³-hybridized carbons (Fsp3) is 0.632. The van der Waals surface area contributed by atoms with Gasteiger partial charge in [-0.3, -0.25) is 4.79 Å².